The quantitative estimate of drug-likeness (QED) is 0.447. The molecule has 0 saturated carbocycles. The van der Waals surface area contributed by atoms with Gasteiger partial charge in [0.15, 0.2) is 17.3 Å². The Balaban J connectivity index is 1.22. The van der Waals surface area contributed by atoms with Crippen molar-refractivity contribution in [1.82, 2.24) is 15.5 Å². The summed E-state index contributed by atoms with van der Waals surface area (Å²) < 4.78 is 10.7. The maximum absolute atomic E-state index is 12.7. The molecular weight excluding hydrogens is 416 g/mol. The van der Waals surface area contributed by atoms with Gasteiger partial charge in [-0.05, 0) is 55.0 Å². The largest absolute Gasteiger partial charge is 0.454 e. The molecule has 0 spiro atoms. The molecule has 0 aliphatic carbocycles. The predicted molar refractivity (Wildman–Crippen MR) is 126 cm³/mol. The van der Waals surface area contributed by atoms with E-state index in [9.17, 15) is 4.79 Å². The van der Waals surface area contributed by atoms with Crippen molar-refractivity contribution in [2.45, 2.75) is 13.5 Å². The van der Waals surface area contributed by atoms with Gasteiger partial charge in [0.1, 0.15) is 0 Å². The number of hydrogen-bond donors (Lipinski definition) is 2. The van der Waals surface area contributed by atoms with E-state index in [1.807, 2.05) is 73.7 Å². The summed E-state index contributed by atoms with van der Waals surface area (Å²) in [5, 5.41) is 14.7. The summed E-state index contributed by atoms with van der Waals surface area (Å²) >= 11 is 0. The van der Waals surface area contributed by atoms with Crippen LogP contribution in [0.3, 0.4) is 0 Å². The maximum atomic E-state index is 12.7. The van der Waals surface area contributed by atoms with Crippen LogP contribution < -0.4 is 20.1 Å². The zero-order valence-corrected chi connectivity index (χ0v) is 18.0. The van der Waals surface area contributed by atoms with Gasteiger partial charge in [-0.3, -0.25) is 4.79 Å². The van der Waals surface area contributed by atoms with Crippen LogP contribution in [-0.4, -0.2) is 22.9 Å². The Kier molecular flexibility index (Phi) is 5.59. The lowest BCUT2D eigenvalue weighted by Crippen LogP contribution is -2.22. The third-order valence-electron chi connectivity index (χ3n) is 5.30. The first-order chi connectivity index (χ1) is 16.1. The summed E-state index contributed by atoms with van der Waals surface area (Å²) in [6.07, 6.45) is 0. The van der Waals surface area contributed by atoms with E-state index in [0.717, 1.165) is 28.3 Å². The Hall–Kier alpha value is -4.39. The molecule has 7 heteroatoms. The second-order valence-electron chi connectivity index (χ2n) is 7.75. The number of benzene rings is 3. The lowest BCUT2D eigenvalue weighted by atomic mass is 10.1. The minimum atomic E-state index is -0.169. The highest BCUT2D eigenvalue weighted by atomic mass is 16.7. The van der Waals surface area contributed by atoms with Gasteiger partial charge >= 0.3 is 0 Å². The SMILES string of the molecule is Cc1ccc(-c2ccc(Nc3cccc(C(=O)NCc4ccc5c(c4)OCO5)c3)nn2)cc1. The van der Waals surface area contributed by atoms with E-state index in [1.54, 1.807) is 12.1 Å². The second kappa shape index (κ2) is 9.00. The van der Waals surface area contributed by atoms with E-state index in [2.05, 4.69) is 20.8 Å². The third-order valence-corrected chi connectivity index (χ3v) is 5.30. The number of aryl methyl sites for hydroxylation is 1. The van der Waals surface area contributed by atoms with E-state index in [-0.39, 0.29) is 12.7 Å². The number of rotatable bonds is 6. The number of anilines is 2. The fourth-order valence-electron chi connectivity index (χ4n) is 3.50. The minimum absolute atomic E-state index is 0.169. The number of aromatic nitrogens is 2. The Labute approximate surface area is 191 Å². The normalized spacial score (nSPS) is 11.8. The van der Waals surface area contributed by atoms with Crippen LogP contribution in [-0.2, 0) is 6.54 Å². The van der Waals surface area contributed by atoms with Crippen molar-refractivity contribution in [1.29, 1.82) is 0 Å². The molecule has 2 N–H and O–H groups in total. The van der Waals surface area contributed by atoms with Gasteiger partial charge in [-0.25, -0.2) is 0 Å². The molecule has 1 amide bonds. The van der Waals surface area contributed by atoms with Crippen LogP contribution in [0.2, 0.25) is 0 Å². The predicted octanol–water partition coefficient (Wildman–Crippen LogP) is 4.85. The molecule has 4 aromatic rings. The third kappa shape index (κ3) is 4.77. The van der Waals surface area contributed by atoms with E-state index >= 15 is 0 Å². The number of hydrogen-bond acceptors (Lipinski definition) is 6. The Morgan fingerprint density at radius 3 is 2.58 bits per heavy atom. The van der Waals surface area contributed by atoms with Crippen molar-refractivity contribution < 1.29 is 14.3 Å². The lowest BCUT2D eigenvalue weighted by molar-refractivity contribution is 0.0951. The van der Waals surface area contributed by atoms with Crippen molar-refractivity contribution >= 4 is 17.4 Å². The van der Waals surface area contributed by atoms with Gasteiger partial charge in [0.2, 0.25) is 6.79 Å². The van der Waals surface area contributed by atoms with Gasteiger partial charge in [0, 0.05) is 23.4 Å². The Morgan fingerprint density at radius 1 is 0.909 bits per heavy atom. The first-order valence-electron chi connectivity index (χ1n) is 10.6. The van der Waals surface area contributed by atoms with Gasteiger partial charge in [-0.15, -0.1) is 10.2 Å². The number of nitrogens with zero attached hydrogens (tertiary/aromatic N) is 2. The highest BCUT2D eigenvalue weighted by Crippen LogP contribution is 2.32. The molecular formula is C26H22N4O3. The molecule has 33 heavy (non-hydrogen) atoms. The molecule has 3 aromatic carbocycles. The molecule has 0 radical (unpaired) electrons. The molecule has 164 valence electrons. The lowest BCUT2D eigenvalue weighted by Gasteiger charge is -2.09. The molecule has 2 heterocycles. The number of ether oxygens (including phenoxy) is 2. The minimum Gasteiger partial charge on any atom is -0.454 e. The average Bonchev–Trinajstić information content (AvgIpc) is 3.32. The molecule has 0 bridgehead atoms. The molecule has 0 fully saturated rings. The number of carbonyl (C=O) groups is 1. The Bertz CT molecular complexity index is 1290. The molecule has 5 rings (SSSR count). The molecule has 0 unspecified atom stereocenters. The molecule has 1 aromatic heterocycles. The molecule has 0 saturated heterocycles. The summed E-state index contributed by atoms with van der Waals surface area (Å²) in [4.78, 5) is 12.7. The zero-order valence-electron chi connectivity index (χ0n) is 18.0. The number of nitrogens with one attached hydrogen (secondary N) is 2. The van der Waals surface area contributed by atoms with Gasteiger partial charge in [0.05, 0.1) is 5.69 Å². The van der Waals surface area contributed by atoms with Gasteiger partial charge < -0.3 is 20.1 Å². The molecule has 7 nitrogen and oxygen atoms in total. The first-order valence-corrected chi connectivity index (χ1v) is 10.6. The second-order valence-corrected chi connectivity index (χ2v) is 7.75. The van der Waals surface area contributed by atoms with Crippen molar-refractivity contribution in [2.75, 3.05) is 12.1 Å². The average molecular weight is 438 g/mol. The van der Waals surface area contributed by atoms with Crippen LogP contribution >= 0.6 is 0 Å². The highest BCUT2D eigenvalue weighted by molar-refractivity contribution is 5.95. The fourth-order valence-corrected chi connectivity index (χ4v) is 3.50. The smallest absolute Gasteiger partial charge is 0.251 e. The van der Waals surface area contributed by atoms with Crippen LogP contribution in [0.1, 0.15) is 21.5 Å². The van der Waals surface area contributed by atoms with Crippen molar-refractivity contribution in [3.05, 3.63) is 95.6 Å². The van der Waals surface area contributed by atoms with Crippen LogP contribution in [0.5, 0.6) is 11.5 Å². The summed E-state index contributed by atoms with van der Waals surface area (Å²) in [6.45, 7) is 2.66. The van der Waals surface area contributed by atoms with E-state index < -0.39 is 0 Å². The standard InChI is InChI=1S/C26H22N4O3/c1-17-5-8-19(9-6-17)22-10-12-25(30-29-22)28-21-4-2-3-20(14-21)26(31)27-15-18-7-11-23-24(13-18)33-16-32-23/h2-14H,15-16H2,1H3,(H,27,31)(H,28,30). The van der Waals surface area contributed by atoms with Gasteiger partial charge in [0.25, 0.3) is 5.91 Å². The number of amides is 1. The summed E-state index contributed by atoms with van der Waals surface area (Å²) in [5.74, 6) is 1.85. The number of carbonyl (C=O) groups excluding carboxylic acids is 1. The van der Waals surface area contributed by atoms with Crippen molar-refractivity contribution in [3.8, 4) is 22.8 Å². The topological polar surface area (TPSA) is 85.4 Å². The van der Waals surface area contributed by atoms with Crippen LogP contribution in [0.15, 0.2) is 78.9 Å². The molecule has 1 aliphatic rings. The number of fused-ring (bicyclic) bond motifs is 1. The van der Waals surface area contributed by atoms with Crippen LogP contribution in [0.25, 0.3) is 11.3 Å². The summed E-state index contributed by atoms with van der Waals surface area (Å²) in [5.41, 5.74) is 5.25. The molecule has 0 atom stereocenters. The molecule has 1 aliphatic heterocycles. The summed E-state index contributed by atoms with van der Waals surface area (Å²) in [7, 11) is 0. The van der Waals surface area contributed by atoms with Crippen LogP contribution in [0.4, 0.5) is 11.5 Å². The van der Waals surface area contributed by atoms with E-state index in [1.165, 1.54) is 5.56 Å². The van der Waals surface area contributed by atoms with Crippen molar-refractivity contribution in [3.63, 3.8) is 0 Å². The monoisotopic (exact) mass is 438 g/mol. The Morgan fingerprint density at radius 2 is 1.76 bits per heavy atom. The van der Waals surface area contributed by atoms with Crippen LogP contribution in [0, 0.1) is 6.92 Å². The van der Waals surface area contributed by atoms with Gasteiger partial charge in [-0.1, -0.05) is 42.0 Å². The van der Waals surface area contributed by atoms with E-state index in [4.69, 9.17) is 9.47 Å². The maximum Gasteiger partial charge on any atom is 0.251 e. The van der Waals surface area contributed by atoms with Crippen molar-refractivity contribution in [2.24, 2.45) is 0 Å². The van der Waals surface area contributed by atoms with Gasteiger partial charge in [-0.2, -0.15) is 0 Å². The fraction of sp³-hybridized carbons (Fsp3) is 0.115. The highest BCUT2D eigenvalue weighted by Gasteiger charge is 2.14. The summed E-state index contributed by atoms with van der Waals surface area (Å²) in [6, 6.07) is 24.8. The first kappa shape index (κ1) is 20.5. The zero-order chi connectivity index (χ0) is 22.6. The van der Waals surface area contributed by atoms with E-state index in [0.29, 0.717) is 23.7 Å².